The molecule has 100 valence electrons. The third-order valence-corrected chi connectivity index (χ3v) is 4.31. The largest absolute Gasteiger partial charge is 0.504 e. The SMILES string of the molecule is CCc1ccc(OC)c(O)c1C1(CN)CCCC1. The van der Waals surface area contributed by atoms with E-state index in [-0.39, 0.29) is 5.41 Å². The summed E-state index contributed by atoms with van der Waals surface area (Å²) in [4.78, 5) is 0. The van der Waals surface area contributed by atoms with Crippen LogP contribution in [0.5, 0.6) is 11.5 Å². The highest BCUT2D eigenvalue weighted by Gasteiger charge is 2.38. The van der Waals surface area contributed by atoms with Crippen molar-refractivity contribution in [3.63, 3.8) is 0 Å². The molecule has 3 nitrogen and oxygen atoms in total. The second-order valence-electron chi connectivity index (χ2n) is 5.20. The Hall–Kier alpha value is -1.22. The van der Waals surface area contributed by atoms with E-state index in [1.807, 2.05) is 6.07 Å². The van der Waals surface area contributed by atoms with Gasteiger partial charge in [0.1, 0.15) is 0 Å². The zero-order chi connectivity index (χ0) is 13.2. The Balaban J connectivity index is 2.59. The minimum absolute atomic E-state index is 0.0516. The summed E-state index contributed by atoms with van der Waals surface area (Å²) in [6.45, 7) is 2.71. The van der Waals surface area contributed by atoms with Crippen LogP contribution in [-0.2, 0) is 11.8 Å². The Labute approximate surface area is 109 Å². The highest BCUT2D eigenvalue weighted by atomic mass is 16.5. The number of hydrogen-bond donors (Lipinski definition) is 2. The lowest BCUT2D eigenvalue weighted by Crippen LogP contribution is -2.33. The average molecular weight is 249 g/mol. The van der Waals surface area contributed by atoms with Gasteiger partial charge in [-0.05, 0) is 30.9 Å². The van der Waals surface area contributed by atoms with E-state index >= 15 is 0 Å². The van der Waals surface area contributed by atoms with Crippen molar-refractivity contribution in [2.45, 2.75) is 44.4 Å². The van der Waals surface area contributed by atoms with Crippen LogP contribution in [0.3, 0.4) is 0 Å². The van der Waals surface area contributed by atoms with Crippen molar-refractivity contribution in [3.05, 3.63) is 23.3 Å². The lowest BCUT2D eigenvalue weighted by Gasteiger charge is -2.31. The van der Waals surface area contributed by atoms with Gasteiger partial charge in [-0.2, -0.15) is 0 Å². The molecule has 0 amide bonds. The molecule has 0 heterocycles. The summed E-state index contributed by atoms with van der Waals surface area (Å²) in [5, 5.41) is 10.5. The molecule has 3 heteroatoms. The second-order valence-corrected chi connectivity index (χ2v) is 5.20. The Bertz CT molecular complexity index is 423. The van der Waals surface area contributed by atoms with Crippen molar-refractivity contribution in [1.29, 1.82) is 0 Å². The van der Waals surface area contributed by atoms with Crippen molar-refractivity contribution >= 4 is 0 Å². The first-order chi connectivity index (χ1) is 8.68. The summed E-state index contributed by atoms with van der Waals surface area (Å²) in [5.41, 5.74) is 8.21. The van der Waals surface area contributed by atoms with Gasteiger partial charge in [-0.15, -0.1) is 0 Å². The topological polar surface area (TPSA) is 55.5 Å². The maximum atomic E-state index is 10.5. The van der Waals surface area contributed by atoms with Crippen LogP contribution in [0.15, 0.2) is 12.1 Å². The van der Waals surface area contributed by atoms with Crippen molar-refractivity contribution in [2.24, 2.45) is 5.73 Å². The molecule has 1 aromatic rings. The Morgan fingerprint density at radius 3 is 2.50 bits per heavy atom. The third kappa shape index (κ3) is 1.97. The molecule has 3 N–H and O–H groups in total. The lowest BCUT2D eigenvalue weighted by molar-refractivity contribution is 0.353. The van der Waals surface area contributed by atoms with E-state index in [1.165, 1.54) is 18.4 Å². The molecule has 0 spiro atoms. The molecule has 0 aliphatic heterocycles. The molecule has 0 radical (unpaired) electrons. The monoisotopic (exact) mass is 249 g/mol. The van der Waals surface area contributed by atoms with Crippen LogP contribution in [0.2, 0.25) is 0 Å². The fourth-order valence-corrected chi connectivity index (χ4v) is 3.27. The van der Waals surface area contributed by atoms with Crippen LogP contribution in [0.25, 0.3) is 0 Å². The van der Waals surface area contributed by atoms with Crippen LogP contribution in [0.1, 0.15) is 43.7 Å². The van der Waals surface area contributed by atoms with Crippen molar-refractivity contribution in [3.8, 4) is 11.5 Å². The number of nitrogens with two attached hydrogens (primary N) is 1. The van der Waals surface area contributed by atoms with Crippen LogP contribution >= 0.6 is 0 Å². The first-order valence-electron chi connectivity index (χ1n) is 6.78. The van der Waals surface area contributed by atoms with E-state index in [0.717, 1.165) is 24.8 Å². The number of aryl methyl sites for hydroxylation is 1. The normalized spacial score (nSPS) is 17.9. The van der Waals surface area contributed by atoms with Gasteiger partial charge >= 0.3 is 0 Å². The predicted molar refractivity (Wildman–Crippen MR) is 73.2 cm³/mol. The smallest absolute Gasteiger partial charge is 0.161 e. The van der Waals surface area contributed by atoms with Gasteiger partial charge in [0.2, 0.25) is 0 Å². The minimum Gasteiger partial charge on any atom is -0.504 e. The van der Waals surface area contributed by atoms with Crippen LogP contribution in [-0.4, -0.2) is 18.8 Å². The minimum atomic E-state index is -0.0516. The Morgan fingerprint density at radius 1 is 1.33 bits per heavy atom. The van der Waals surface area contributed by atoms with Gasteiger partial charge in [0.25, 0.3) is 0 Å². The van der Waals surface area contributed by atoms with Crippen LogP contribution in [0.4, 0.5) is 0 Å². The van der Waals surface area contributed by atoms with Gasteiger partial charge in [0, 0.05) is 17.5 Å². The molecule has 0 atom stereocenters. The van der Waals surface area contributed by atoms with E-state index in [4.69, 9.17) is 10.5 Å². The molecular weight excluding hydrogens is 226 g/mol. The van der Waals surface area contributed by atoms with Crippen molar-refractivity contribution in [2.75, 3.05) is 13.7 Å². The fraction of sp³-hybridized carbons (Fsp3) is 0.600. The predicted octanol–water partition coefficient (Wildman–Crippen LogP) is 2.73. The Morgan fingerprint density at radius 2 is 2.00 bits per heavy atom. The van der Waals surface area contributed by atoms with Gasteiger partial charge in [0.05, 0.1) is 7.11 Å². The van der Waals surface area contributed by atoms with E-state index in [9.17, 15) is 5.11 Å². The first kappa shape index (κ1) is 13.2. The summed E-state index contributed by atoms with van der Waals surface area (Å²) in [5.74, 6) is 0.853. The maximum Gasteiger partial charge on any atom is 0.161 e. The maximum absolute atomic E-state index is 10.5. The zero-order valence-electron chi connectivity index (χ0n) is 11.3. The van der Waals surface area contributed by atoms with E-state index in [2.05, 4.69) is 13.0 Å². The number of phenolic OH excluding ortho intramolecular Hbond substituents is 1. The van der Waals surface area contributed by atoms with E-state index in [0.29, 0.717) is 18.0 Å². The molecule has 1 fully saturated rings. The standard InChI is InChI=1S/C15H23NO2/c1-3-11-6-7-12(18-2)14(17)13(11)15(10-16)8-4-5-9-15/h6-7,17H,3-5,8-10,16H2,1-2H3. The quantitative estimate of drug-likeness (QED) is 0.862. The van der Waals surface area contributed by atoms with Gasteiger partial charge in [-0.3, -0.25) is 0 Å². The summed E-state index contributed by atoms with van der Waals surface area (Å²) in [6.07, 6.45) is 5.43. The lowest BCUT2D eigenvalue weighted by atomic mass is 9.75. The van der Waals surface area contributed by atoms with Crippen LogP contribution in [0, 0.1) is 0 Å². The second kappa shape index (κ2) is 5.19. The number of phenols is 1. The van der Waals surface area contributed by atoms with E-state index < -0.39 is 0 Å². The number of benzene rings is 1. The molecule has 0 bridgehead atoms. The van der Waals surface area contributed by atoms with Gasteiger partial charge < -0.3 is 15.6 Å². The molecule has 1 aliphatic carbocycles. The summed E-state index contributed by atoms with van der Waals surface area (Å²) in [6, 6.07) is 3.90. The van der Waals surface area contributed by atoms with Crippen molar-refractivity contribution in [1.82, 2.24) is 0 Å². The molecule has 2 rings (SSSR count). The highest BCUT2D eigenvalue weighted by Crippen LogP contribution is 2.48. The number of ether oxygens (including phenoxy) is 1. The highest BCUT2D eigenvalue weighted by molar-refractivity contribution is 5.54. The third-order valence-electron chi connectivity index (χ3n) is 4.31. The Kier molecular flexibility index (Phi) is 3.81. The molecule has 18 heavy (non-hydrogen) atoms. The molecule has 0 saturated heterocycles. The zero-order valence-corrected chi connectivity index (χ0v) is 11.3. The van der Waals surface area contributed by atoms with Gasteiger partial charge in [-0.25, -0.2) is 0 Å². The average Bonchev–Trinajstić information content (AvgIpc) is 2.88. The summed E-state index contributed by atoms with van der Waals surface area (Å²) < 4.78 is 5.24. The van der Waals surface area contributed by atoms with Crippen molar-refractivity contribution < 1.29 is 9.84 Å². The number of hydrogen-bond acceptors (Lipinski definition) is 3. The molecule has 1 aliphatic rings. The molecule has 1 aromatic carbocycles. The van der Waals surface area contributed by atoms with E-state index in [1.54, 1.807) is 7.11 Å². The number of rotatable bonds is 4. The number of aromatic hydroxyl groups is 1. The molecule has 0 unspecified atom stereocenters. The molecule has 0 aromatic heterocycles. The summed E-state index contributed by atoms with van der Waals surface area (Å²) >= 11 is 0. The summed E-state index contributed by atoms with van der Waals surface area (Å²) in [7, 11) is 1.59. The van der Waals surface area contributed by atoms with Crippen LogP contribution < -0.4 is 10.5 Å². The first-order valence-corrected chi connectivity index (χ1v) is 6.78. The van der Waals surface area contributed by atoms with Gasteiger partial charge in [-0.1, -0.05) is 25.8 Å². The molecular formula is C15H23NO2. The van der Waals surface area contributed by atoms with Gasteiger partial charge in [0.15, 0.2) is 11.5 Å². The fourth-order valence-electron chi connectivity index (χ4n) is 3.27. The number of methoxy groups -OCH3 is 1. The molecule has 1 saturated carbocycles.